The van der Waals surface area contributed by atoms with Crippen molar-refractivity contribution in [1.29, 1.82) is 0 Å². The highest BCUT2D eigenvalue weighted by atomic mass is 16.5. The SMILES string of the molecule is COc1ccc2nc(-c3ccc(-c4ccc(CCCOCCOc5ccc6c(c5)CN(C5CCC(=O)NC5=O)C6=O)nc4)nc3)cn2c1. The molecule has 1 aromatic carbocycles. The highest BCUT2D eigenvalue weighted by Crippen LogP contribution is 2.30. The molecule has 0 saturated carbocycles. The fourth-order valence-corrected chi connectivity index (χ4v) is 5.99. The third kappa shape index (κ3) is 6.60. The van der Waals surface area contributed by atoms with Gasteiger partial charge in [-0.25, -0.2) is 4.98 Å². The summed E-state index contributed by atoms with van der Waals surface area (Å²) in [6.07, 6.45) is 9.69. The number of pyridine rings is 3. The van der Waals surface area contributed by atoms with Gasteiger partial charge in [0.15, 0.2) is 0 Å². The highest BCUT2D eigenvalue weighted by Gasteiger charge is 2.39. The molecule has 4 aromatic heterocycles. The summed E-state index contributed by atoms with van der Waals surface area (Å²) in [6.45, 7) is 1.68. The third-order valence-electron chi connectivity index (χ3n) is 8.55. The van der Waals surface area contributed by atoms with Crippen molar-refractivity contribution in [3.63, 3.8) is 0 Å². The molecule has 0 spiro atoms. The molecule has 5 aromatic rings. The number of aryl methyl sites for hydroxylation is 1. The van der Waals surface area contributed by atoms with E-state index in [0.717, 1.165) is 58.0 Å². The summed E-state index contributed by atoms with van der Waals surface area (Å²) >= 11 is 0. The molecule has 244 valence electrons. The number of imide groups is 1. The monoisotopic (exact) mass is 646 g/mol. The molecule has 12 nitrogen and oxygen atoms in total. The minimum atomic E-state index is -0.634. The number of carbonyl (C=O) groups is 3. The van der Waals surface area contributed by atoms with Crippen molar-refractivity contribution in [3.05, 3.63) is 96.2 Å². The lowest BCUT2D eigenvalue weighted by Gasteiger charge is -2.29. The largest absolute Gasteiger partial charge is 0.495 e. The number of fused-ring (bicyclic) bond motifs is 2. The van der Waals surface area contributed by atoms with Crippen molar-refractivity contribution in [2.24, 2.45) is 0 Å². The smallest absolute Gasteiger partial charge is 0.255 e. The van der Waals surface area contributed by atoms with Crippen LogP contribution in [0.15, 0.2) is 79.4 Å². The number of nitrogens with zero attached hydrogens (tertiary/aromatic N) is 5. The zero-order chi connectivity index (χ0) is 33.0. The number of piperidine rings is 1. The number of amides is 3. The normalized spacial score (nSPS) is 15.9. The number of imidazole rings is 1. The van der Waals surface area contributed by atoms with Gasteiger partial charge in [-0.1, -0.05) is 0 Å². The molecule has 0 radical (unpaired) electrons. The van der Waals surface area contributed by atoms with Gasteiger partial charge in [-0.15, -0.1) is 0 Å². The van der Waals surface area contributed by atoms with Crippen LogP contribution in [0.1, 0.15) is 40.9 Å². The summed E-state index contributed by atoms with van der Waals surface area (Å²) in [5.74, 6) is 0.483. The van der Waals surface area contributed by atoms with Crippen molar-refractivity contribution >= 4 is 23.4 Å². The van der Waals surface area contributed by atoms with E-state index in [1.807, 2.05) is 71.7 Å². The van der Waals surface area contributed by atoms with E-state index in [0.29, 0.717) is 44.1 Å². The van der Waals surface area contributed by atoms with E-state index in [1.54, 1.807) is 19.2 Å². The third-order valence-corrected chi connectivity index (χ3v) is 8.55. The molecule has 2 aliphatic heterocycles. The quantitative estimate of drug-likeness (QED) is 0.156. The van der Waals surface area contributed by atoms with Crippen LogP contribution in [0, 0.1) is 0 Å². The number of carbonyl (C=O) groups excluding carboxylic acids is 3. The Labute approximate surface area is 276 Å². The standard InChI is InChI=1S/C36H34N6O6/c1-46-28-8-12-33-39-31(22-41(33)21-28)24-5-10-30(38-19-24)23-4-6-26(37-18-23)3-2-14-47-15-16-48-27-7-9-29-25(17-27)20-42(36(29)45)32-11-13-34(43)40-35(32)44/h4-10,12,17-19,21-22,32H,2-3,11,13-16,20H2,1H3,(H,40,43,44). The molecule has 7 rings (SSSR count). The van der Waals surface area contributed by atoms with Gasteiger partial charge in [0.1, 0.15) is 29.8 Å². The van der Waals surface area contributed by atoms with Crippen LogP contribution < -0.4 is 14.8 Å². The first-order chi connectivity index (χ1) is 23.4. The number of ether oxygens (including phenoxy) is 3. The summed E-state index contributed by atoms with van der Waals surface area (Å²) in [6, 6.07) is 16.5. The van der Waals surface area contributed by atoms with Crippen LogP contribution in [-0.2, 0) is 27.3 Å². The van der Waals surface area contributed by atoms with Gasteiger partial charge in [0, 0.05) is 60.5 Å². The summed E-state index contributed by atoms with van der Waals surface area (Å²) < 4.78 is 18.9. The van der Waals surface area contributed by atoms with E-state index in [9.17, 15) is 14.4 Å². The van der Waals surface area contributed by atoms with E-state index in [1.165, 1.54) is 4.90 Å². The fourth-order valence-electron chi connectivity index (χ4n) is 5.99. The Morgan fingerprint density at radius 1 is 0.875 bits per heavy atom. The van der Waals surface area contributed by atoms with E-state index in [2.05, 4.69) is 20.3 Å². The summed E-state index contributed by atoms with van der Waals surface area (Å²) in [4.78, 5) is 52.1. The first kappa shape index (κ1) is 31.0. The molecule has 48 heavy (non-hydrogen) atoms. The minimum Gasteiger partial charge on any atom is -0.495 e. The first-order valence-corrected chi connectivity index (χ1v) is 15.9. The van der Waals surface area contributed by atoms with Gasteiger partial charge in [0.2, 0.25) is 11.8 Å². The Morgan fingerprint density at radius 2 is 1.71 bits per heavy atom. The van der Waals surface area contributed by atoms with Gasteiger partial charge < -0.3 is 23.5 Å². The maximum absolute atomic E-state index is 12.9. The molecular weight excluding hydrogens is 612 g/mol. The van der Waals surface area contributed by atoms with Gasteiger partial charge >= 0.3 is 0 Å². The number of hydrogen-bond donors (Lipinski definition) is 1. The summed E-state index contributed by atoms with van der Waals surface area (Å²) in [5.41, 5.74) is 6.73. The lowest BCUT2D eigenvalue weighted by molar-refractivity contribution is -0.136. The topological polar surface area (TPSA) is 137 Å². The molecule has 0 aliphatic carbocycles. The van der Waals surface area contributed by atoms with E-state index >= 15 is 0 Å². The number of methoxy groups -OCH3 is 1. The van der Waals surface area contributed by atoms with Gasteiger partial charge in [0.05, 0.1) is 31.3 Å². The van der Waals surface area contributed by atoms with Crippen LogP contribution in [0.3, 0.4) is 0 Å². The molecule has 2 aliphatic rings. The highest BCUT2D eigenvalue weighted by molar-refractivity contribution is 6.05. The van der Waals surface area contributed by atoms with Gasteiger partial charge in [-0.2, -0.15) is 0 Å². The van der Waals surface area contributed by atoms with Gasteiger partial charge in [-0.3, -0.25) is 29.7 Å². The fraction of sp³-hybridized carbons (Fsp3) is 0.278. The Morgan fingerprint density at radius 3 is 2.50 bits per heavy atom. The van der Waals surface area contributed by atoms with Crippen molar-refractivity contribution in [3.8, 4) is 34.0 Å². The van der Waals surface area contributed by atoms with Crippen LogP contribution in [-0.4, -0.2) is 74.9 Å². The van der Waals surface area contributed by atoms with E-state index < -0.39 is 11.9 Å². The zero-order valence-corrected chi connectivity index (χ0v) is 26.4. The molecule has 6 heterocycles. The van der Waals surface area contributed by atoms with Crippen molar-refractivity contribution in [2.45, 2.75) is 38.3 Å². The predicted molar refractivity (Wildman–Crippen MR) is 175 cm³/mol. The minimum absolute atomic E-state index is 0.202. The molecule has 0 bridgehead atoms. The maximum atomic E-state index is 12.9. The second-order valence-electron chi connectivity index (χ2n) is 11.7. The van der Waals surface area contributed by atoms with Crippen molar-refractivity contribution in [2.75, 3.05) is 26.9 Å². The molecule has 12 heteroatoms. The zero-order valence-electron chi connectivity index (χ0n) is 26.4. The Hall–Kier alpha value is -5.62. The van der Waals surface area contributed by atoms with E-state index in [-0.39, 0.29) is 18.2 Å². The van der Waals surface area contributed by atoms with Crippen molar-refractivity contribution in [1.82, 2.24) is 29.6 Å². The van der Waals surface area contributed by atoms with Crippen LogP contribution in [0.4, 0.5) is 0 Å². The summed E-state index contributed by atoms with van der Waals surface area (Å²) in [5, 5.41) is 2.32. The lowest BCUT2D eigenvalue weighted by atomic mass is 10.0. The maximum Gasteiger partial charge on any atom is 0.255 e. The van der Waals surface area contributed by atoms with Gasteiger partial charge in [0.25, 0.3) is 5.91 Å². The molecule has 3 amide bonds. The van der Waals surface area contributed by atoms with Crippen LogP contribution in [0.5, 0.6) is 11.5 Å². The average Bonchev–Trinajstić information content (AvgIpc) is 3.68. The Kier molecular flexibility index (Phi) is 8.80. The van der Waals surface area contributed by atoms with Crippen LogP contribution in [0.2, 0.25) is 0 Å². The predicted octanol–water partition coefficient (Wildman–Crippen LogP) is 4.26. The lowest BCUT2D eigenvalue weighted by Crippen LogP contribution is -2.52. The molecule has 1 atom stereocenters. The molecular formula is C36H34N6O6. The molecule has 1 N–H and O–H groups in total. The van der Waals surface area contributed by atoms with E-state index in [4.69, 9.17) is 14.2 Å². The Bertz CT molecular complexity index is 1970. The molecule has 1 fully saturated rings. The van der Waals surface area contributed by atoms with Crippen LogP contribution >= 0.6 is 0 Å². The van der Waals surface area contributed by atoms with Gasteiger partial charge in [-0.05, 0) is 79.4 Å². The second-order valence-corrected chi connectivity index (χ2v) is 11.7. The average molecular weight is 647 g/mol. The van der Waals surface area contributed by atoms with Crippen molar-refractivity contribution < 1.29 is 28.6 Å². The molecule has 1 unspecified atom stereocenters. The number of aromatic nitrogens is 4. The number of hydrogen-bond acceptors (Lipinski definition) is 9. The second kappa shape index (κ2) is 13.6. The number of benzene rings is 1. The number of rotatable bonds is 12. The summed E-state index contributed by atoms with van der Waals surface area (Å²) in [7, 11) is 1.64. The van der Waals surface area contributed by atoms with Crippen LogP contribution in [0.25, 0.3) is 28.2 Å². The number of nitrogens with one attached hydrogen (secondary N) is 1. The molecule has 1 saturated heterocycles. The first-order valence-electron chi connectivity index (χ1n) is 15.9. The Balaban J connectivity index is 0.829.